The van der Waals surface area contributed by atoms with Crippen molar-refractivity contribution >= 4 is 55.4 Å². The SMILES string of the molecule is O=C(/N=C/c1c(O)n(-c2cccc3ccccc23)c(=O)[nH]c1=O)Nc1ccc(Br)c2ccccc12. The van der Waals surface area contributed by atoms with Gasteiger partial charge in [0.15, 0.2) is 0 Å². The van der Waals surface area contributed by atoms with E-state index in [-0.39, 0.29) is 5.56 Å². The Morgan fingerprint density at radius 2 is 1.60 bits per heavy atom. The van der Waals surface area contributed by atoms with Gasteiger partial charge in [-0.1, -0.05) is 76.6 Å². The number of anilines is 1. The summed E-state index contributed by atoms with van der Waals surface area (Å²) in [5.41, 5.74) is -1.10. The maximum Gasteiger partial charge on any atom is 0.345 e. The predicted molar refractivity (Wildman–Crippen MR) is 140 cm³/mol. The van der Waals surface area contributed by atoms with Gasteiger partial charge in [-0.2, -0.15) is 0 Å². The Kier molecular flexibility index (Phi) is 5.76. The highest BCUT2D eigenvalue weighted by molar-refractivity contribution is 9.10. The van der Waals surface area contributed by atoms with Gasteiger partial charge in [0, 0.05) is 15.2 Å². The van der Waals surface area contributed by atoms with Gasteiger partial charge in [0.25, 0.3) is 5.56 Å². The minimum absolute atomic E-state index is 0.326. The monoisotopic (exact) mass is 528 g/mol. The van der Waals surface area contributed by atoms with Crippen LogP contribution in [0.5, 0.6) is 5.88 Å². The van der Waals surface area contributed by atoms with Gasteiger partial charge in [-0.25, -0.2) is 19.1 Å². The molecule has 0 aliphatic heterocycles. The number of nitrogens with zero attached hydrogens (tertiary/aromatic N) is 2. The molecule has 2 amide bonds. The van der Waals surface area contributed by atoms with Gasteiger partial charge in [0.1, 0.15) is 5.56 Å². The molecule has 0 aliphatic rings. The normalized spacial score (nSPS) is 11.3. The number of fused-ring (bicyclic) bond motifs is 2. The molecule has 0 fully saturated rings. The molecule has 9 heteroatoms. The molecular weight excluding hydrogens is 512 g/mol. The lowest BCUT2D eigenvalue weighted by atomic mass is 10.1. The highest BCUT2D eigenvalue weighted by Crippen LogP contribution is 2.30. The van der Waals surface area contributed by atoms with Crippen LogP contribution in [0.15, 0.2) is 97.9 Å². The fourth-order valence-electron chi connectivity index (χ4n) is 3.92. The topological polar surface area (TPSA) is 117 Å². The van der Waals surface area contributed by atoms with Gasteiger partial charge in [-0.3, -0.25) is 9.78 Å². The van der Waals surface area contributed by atoms with E-state index in [1.54, 1.807) is 36.4 Å². The number of benzene rings is 4. The third-order valence-electron chi connectivity index (χ3n) is 5.55. The van der Waals surface area contributed by atoms with E-state index in [0.29, 0.717) is 16.8 Å². The molecule has 1 heterocycles. The molecule has 5 rings (SSSR count). The van der Waals surface area contributed by atoms with Crippen molar-refractivity contribution < 1.29 is 9.90 Å². The van der Waals surface area contributed by atoms with Crippen molar-refractivity contribution in [3.05, 3.63) is 110 Å². The summed E-state index contributed by atoms with van der Waals surface area (Å²) in [4.78, 5) is 43.6. The smallest absolute Gasteiger partial charge is 0.345 e. The fraction of sp³-hybridized carbons (Fsp3) is 0. The van der Waals surface area contributed by atoms with E-state index in [9.17, 15) is 19.5 Å². The standard InChI is InChI=1S/C26H17BrN4O4/c27-20-12-13-21(18-10-4-3-9-17(18)20)29-25(34)28-14-19-23(32)30-26(35)31(24(19)33)22-11-5-7-15-6-1-2-8-16(15)22/h1-14,33H,(H,29,34)(H,30,32,35)/b28-14+. The summed E-state index contributed by atoms with van der Waals surface area (Å²) >= 11 is 3.49. The lowest BCUT2D eigenvalue weighted by Gasteiger charge is -2.12. The molecule has 5 aromatic rings. The van der Waals surface area contributed by atoms with Crippen molar-refractivity contribution in [3.8, 4) is 11.6 Å². The number of hydrogen-bond donors (Lipinski definition) is 3. The molecular formula is C26H17BrN4O4. The van der Waals surface area contributed by atoms with Gasteiger partial charge < -0.3 is 10.4 Å². The first kappa shape index (κ1) is 22.3. The van der Waals surface area contributed by atoms with Crippen LogP contribution in [0.25, 0.3) is 27.2 Å². The summed E-state index contributed by atoms with van der Waals surface area (Å²) in [7, 11) is 0. The van der Waals surface area contributed by atoms with Crippen LogP contribution in [0.4, 0.5) is 10.5 Å². The lowest BCUT2D eigenvalue weighted by Crippen LogP contribution is -2.31. The van der Waals surface area contributed by atoms with Crippen molar-refractivity contribution in [2.75, 3.05) is 5.32 Å². The summed E-state index contributed by atoms with van der Waals surface area (Å²) in [5.74, 6) is -0.624. The van der Waals surface area contributed by atoms with Gasteiger partial charge in [0.05, 0.1) is 17.6 Å². The zero-order valence-electron chi connectivity index (χ0n) is 18.0. The van der Waals surface area contributed by atoms with Crippen LogP contribution in [-0.4, -0.2) is 26.9 Å². The Morgan fingerprint density at radius 1 is 0.914 bits per heavy atom. The number of nitrogens with one attached hydrogen (secondary N) is 2. The molecule has 172 valence electrons. The van der Waals surface area contributed by atoms with Gasteiger partial charge >= 0.3 is 11.7 Å². The average molecular weight is 529 g/mol. The number of rotatable bonds is 3. The van der Waals surface area contributed by atoms with E-state index in [1.165, 1.54) is 0 Å². The van der Waals surface area contributed by atoms with Gasteiger partial charge in [-0.05, 0) is 29.0 Å². The highest BCUT2D eigenvalue weighted by Gasteiger charge is 2.16. The van der Waals surface area contributed by atoms with E-state index < -0.39 is 23.2 Å². The molecule has 0 spiro atoms. The second-order valence-corrected chi connectivity index (χ2v) is 8.51. The summed E-state index contributed by atoms with van der Waals surface area (Å²) in [5, 5.41) is 16.8. The van der Waals surface area contributed by atoms with E-state index in [2.05, 4.69) is 31.2 Å². The molecule has 35 heavy (non-hydrogen) atoms. The Labute approximate surface area is 206 Å². The summed E-state index contributed by atoms with van der Waals surface area (Å²) < 4.78 is 1.85. The van der Waals surface area contributed by atoms with Crippen LogP contribution < -0.4 is 16.6 Å². The molecule has 0 unspecified atom stereocenters. The third-order valence-corrected chi connectivity index (χ3v) is 6.24. The second kappa shape index (κ2) is 9.03. The fourth-order valence-corrected chi connectivity index (χ4v) is 4.40. The van der Waals surface area contributed by atoms with Crippen LogP contribution in [-0.2, 0) is 0 Å². The van der Waals surface area contributed by atoms with Gasteiger partial charge in [0.2, 0.25) is 5.88 Å². The van der Waals surface area contributed by atoms with Crippen LogP contribution in [0.3, 0.4) is 0 Å². The number of carbonyl (C=O) groups is 1. The number of aliphatic imine (C=N–C) groups is 1. The van der Waals surface area contributed by atoms with Crippen molar-refractivity contribution in [2.24, 2.45) is 4.99 Å². The molecule has 0 atom stereocenters. The predicted octanol–water partition coefficient (Wildman–Crippen LogP) is 4.95. The highest BCUT2D eigenvalue weighted by atomic mass is 79.9. The molecule has 0 bridgehead atoms. The van der Waals surface area contributed by atoms with Crippen molar-refractivity contribution in [1.82, 2.24) is 9.55 Å². The lowest BCUT2D eigenvalue weighted by molar-refractivity contribution is 0.259. The van der Waals surface area contributed by atoms with Crippen molar-refractivity contribution in [1.29, 1.82) is 0 Å². The van der Waals surface area contributed by atoms with Crippen LogP contribution in [0.1, 0.15) is 5.56 Å². The Bertz CT molecular complexity index is 1770. The molecule has 0 radical (unpaired) electrons. The number of aromatic amines is 1. The summed E-state index contributed by atoms with van der Waals surface area (Å²) in [6.45, 7) is 0. The summed E-state index contributed by atoms with van der Waals surface area (Å²) in [6.07, 6.45) is 0.936. The third kappa shape index (κ3) is 4.13. The minimum Gasteiger partial charge on any atom is -0.493 e. The Morgan fingerprint density at radius 3 is 2.40 bits per heavy atom. The number of hydrogen-bond acceptors (Lipinski definition) is 4. The Balaban J connectivity index is 1.52. The first-order valence-electron chi connectivity index (χ1n) is 10.5. The molecule has 0 aliphatic carbocycles. The van der Waals surface area contributed by atoms with Crippen molar-refractivity contribution in [3.63, 3.8) is 0 Å². The van der Waals surface area contributed by atoms with Crippen LogP contribution in [0.2, 0.25) is 0 Å². The molecule has 3 N–H and O–H groups in total. The zero-order valence-corrected chi connectivity index (χ0v) is 19.6. The van der Waals surface area contributed by atoms with Crippen molar-refractivity contribution in [2.45, 2.75) is 0 Å². The average Bonchev–Trinajstić information content (AvgIpc) is 2.86. The molecule has 4 aromatic carbocycles. The van der Waals surface area contributed by atoms with E-state index >= 15 is 0 Å². The number of aromatic nitrogens is 2. The molecule has 0 saturated carbocycles. The number of halogens is 1. The number of H-pyrrole nitrogens is 1. The second-order valence-electron chi connectivity index (χ2n) is 7.66. The first-order valence-corrected chi connectivity index (χ1v) is 11.3. The maximum absolute atomic E-state index is 12.6. The molecule has 1 aromatic heterocycles. The van der Waals surface area contributed by atoms with E-state index in [4.69, 9.17) is 0 Å². The number of carbonyl (C=O) groups excluding carboxylic acids is 1. The molecule has 8 nitrogen and oxygen atoms in total. The van der Waals surface area contributed by atoms with Gasteiger partial charge in [-0.15, -0.1) is 0 Å². The minimum atomic E-state index is -0.866. The molecule has 0 saturated heterocycles. The zero-order chi connectivity index (χ0) is 24.5. The first-order chi connectivity index (χ1) is 16.9. The number of urea groups is 1. The number of amides is 2. The Hall–Kier alpha value is -4.50. The largest absolute Gasteiger partial charge is 0.493 e. The summed E-state index contributed by atoms with van der Waals surface area (Å²) in [6, 6.07) is 22.8. The van der Waals surface area contributed by atoms with Crippen LogP contribution >= 0.6 is 15.9 Å². The number of aromatic hydroxyl groups is 1. The maximum atomic E-state index is 12.6. The quantitative estimate of drug-likeness (QED) is 0.287. The van der Waals surface area contributed by atoms with E-state index in [1.807, 2.05) is 42.5 Å². The van der Waals surface area contributed by atoms with E-state index in [0.717, 1.165) is 31.4 Å². The van der Waals surface area contributed by atoms with Crippen LogP contribution in [0, 0.1) is 0 Å².